The number of carbonyl (C=O) groups is 1. The summed E-state index contributed by atoms with van der Waals surface area (Å²) in [7, 11) is 3.43. The summed E-state index contributed by atoms with van der Waals surface area (Å²) in [6.07, 6.45) is 5.91. The molecule has 0 spiro atoms. The van der Waals surface area contributed by atoms with Crippen molar-refractivity contribution in [3.8, 4) is 0 Å². The summed E-state index contributed by atoms with van der Waals surface area (Å²) < 4.78 is 0. The molecule has 1 rings (SSSR count). The lowest BCUT2D eigenvalue weighted by Gasteiger charge is -2.31. The van der Waals surface area contributed by atoms with Crippen LogP contribution < -0.4 is 11.1 Å². The average molecular weight is 243 g/mol. The van der Waals surface area contributed by atoms with Crippen LogP contribution in [-0.2, 0) is 0 Å². The maximum absolute atomic E-state index is 11.6. The molecule has 0 aromatic carbocycles. The van der Waals surface area contributed by atoms with Crippen molar-refractivity contribution < 1.29 is 4.79 Å². The molecule has 0 bridgehead atoms. The lowest BCUT2D eigenvalue weighted by atomic mass is 9.84. The number of nitrogens with one attached hydrogen (secondary N) is 1. The summed E-state index contributed by atoms with van der Waals surface area (Å²) in [6.45, 7) is 0. The van der Waals surface area contributed by atoms with Gasteiger partial charge < -0.3 is 16.0 Å². The third kappa shape index (κ3) is 3.63. The zero-order chi connectivity index (χ0) is 12.1. The molecule has 0 radical (unpaired) electrons. The number of urea groups is 1. The van der Waals surface area contributed by atoms with E-state index in [1.54, 1.807) is 14.1 Å². The first-order chi connectivity index (χ1) is 7.52. The number of hydrogen-bond donors (Lipinski definition) is 2. The van der Waals surface area contributed by atoms with E-state index in [0.717, 1.165) is 12.8 Å². The first kappa shape index (κ1) is 13.2. The minimum absolute atomic E-state index is 0.122. The summed E-state index contributed by atoms with van der Waals surface area (Å²) in [4.78, 5) is 13.5. The molecule has 1 atom stereocenters. The molecule has 0 aromatic heterocycles. The summed E-state index contributed by atoms with van der Waals surface area (Å²) in [5.74, 6) is 0.412. The van der Waals surface area contributed by atoms with Crippen LogP contribution >= 0.6 is 12.2 Å². The SMILES string of the molecule is CN(C)C(=O)NC(C(N)=S)C1CCCCC1. The Morgan fingerprint density at radius 3 is 2.38 bits per heavy atom. The van der Waals surface area contributed by atoms with Gasteiger partial charge in [0.15, 0.2) is 0 Å². The molecule has 1 saturated carbocycles. The number of rotatable bonds is 3. The van der Waals surface area contributed by atoms with Crippen LogP contribution in [0.5, 0.6) is 0 Å². The first-order valence-corrected chi connectivity index (χ1v) is 6.20. The fourth-order valence-electron chi connectivity index (χ4n) is 2.15. The van der Waals surface area contributed by atoms with Crippen molar-refractivity contribution in [2.45, 2.75) is 38.1 Å². The molecule has 4 nitrogen and oxygen atoms in total. The zero-order valence-electron chi connectivity index (χ0n) is 10.0. The van der Waals surface area contributed by atoms with Crippen molar-refractivity contribution in [2.24, 2.45) is 11.7 Å². The summed E-state index contributed by atoms with van der Waals surface area (Å²) >= 11 is 5.05. The molecule has 0 aromatic rings. The zero-order valence-corrected chi connectivity index (χ0v) is 10.8. The molecular formula is C11H21N3OS. The third-order valence-corrected chi connectivity index (χ3v) is 3.37. The van der Waals surface area contributed by atoms with Gasteiger partial charge in [-0.1, -0.05) is 31.5 Å². The molecule has 1 aliphatic rings. The molecule has 0 heterocycles. The van der Waals surface area contributed by atoms with Gasteiger partial charge in [0.05, 0.1) is 11.0 Å². The van der Waals surface area contributed by atoms with Crippen LogP contribution in [-0.4, -0.2) is 36.1 Å². The minimum Gasteiger partial charge on any atom is -0.392 e. The Balaban J connectivity index is 2.59. The van der Waals surface area contributed by atoms with E-state index in [4.69, 9.17) is 18.0 Å². The second kappa shape index (κ2) is 6.03. The van der Waals surface area contributed by atoms with E-state index in [0.29, 0.717) is 10.9 Å². The van der Waals surface area contributed by atoms with E-state index in [2.05, 4.69) is 5.32 Å². The normalized spacial score (nSPS) is 18.9. The van der Waals surface area contributed by atoms with Crippen LogP contribution in [0.2, 0.25) is 0 Å². The molecule has 5 heteroatoms. The molecule has 92 valence electrons. The maximum Gasteiger partial charge on any atom is 0.317 e. The van der Waals surface area contributed by atoms with Crippen molar-refractivity contribution >= 4 is 23.2 Å². The van der Waals surface area contributed by atoms with Crippen molar-refractivity contribution in [2.75, 3.05) is 14.1 Å². The van der Waals surface area contributed by atoms with Crippen LogP contribution in [0, 0.1) is 5.92 Å². The number of nitrogens with zero attached hydrogens (tertiary/aromatic N) is 1. The molecule has 1 fully saturated rings. The summed E-state index contributed by atoms with van der Waals surface area (Å²) in [5, 5.41) is 2.91. The molecule has 1 unspecified atom stereocenters. The molecule has 0 aliphatic heterocycles. The predicted octanol–water partition coefficient (Wildman–Crippen LogP) is 1.49. The van der Waals surface area contributed by atoms with E-state index in [9.17, 15) is 4.79 Å². The average Bonchev–Trinajstić information content (AvgIpc) is 2.26. The number of thiocarbonyl (C=S) groups is 1. The number of hydrogen-bond acceptors (Lipinski definition) is 2. The smallest absolute Gasteiger partial charge is 0.317 e. The van der Waals surface area contributed by atoms with Crippen LogP contribution in [0.15, 0.2) is 0 Å². The Labute approximate surface area is 103 Å². The van der Waals surface area contributed by atoms with E-state index in [-0.39, 0.29) is 12.1 Å². The highest BCUT2D eigenvalue weighted by molar-refractivity contribution is 7.80. The van der Waals surface area contributed by atoms with E-state index in [1.165, 1.54) is 24.2 Å². The van der Waals surface area contributed by atoms with Gasteiger partial charge in [0, 0.05) is 14.1 Å². The molecular weight excluding hydrogens is 222 g/mol. The summed E-state index contributed by atoms with van der Waals surface area (Å²) in [6, 6.07) is -0.270. The van der Waals surface area contributed by atoms with E-state index < -0.39 is 0 Å². The quantitative estimate of drug-likeness (QED) is 0.738. The van der Waals surface area contributed by atoms with Crippen molar-refractivity contribution in [3.05, 3.63) is 0 Å². The van der Waals surface area contributed by atoms with Crippen LogP contribution in [0.4, 0.5) is 4.79 Å². The highest BCUT2D eigenvalue weighted by atomic mass is 32.1. The van der Waals surface area contributed by atoms with Crippen LogP contribution in [0.1, 0.15) is 32.1 Å². The Bertz CT molecular complexity index is 262. The fourth-order valence-corrected chi connectivity index (χ4v) is 2.40. The fraction of sp³-hybridized carbons (Fsp3) is 0.818. The second-order valence-corrected chi connectivity index (χ2v) is 5.09. The molecule has 3 N–H and O–H groups in total. The van der Waals surface area contributed by atoms with Gasteiger partial charge in [-0.3, -0.25) is 0 Å². The van der Waals surface area contributed by atoms with Gasteiger partial charge in [-0.05, 0) is 18.8 Å². The lowest BCUT2D eigenvalue weighted by Crippen LogP contribution is -2.51. The monoisotopic (exact) mass is 243 g/mol. The van der Waals surface area contributed by atoms with Crippen molar-refractivity contribution in [1.82, 2.24) is 10.2 Å². The highest BCUT2D eigenvalue weighted by Crippen LogP contribution is 2.26. The van der Waals surface area contributed by atoms with Crippen LogP contribution in [0.3, 0.4) is 0 Å². The van der Waals surface area contributed by atoms with Gasteiger partial charge in [0.1, 0.15) is 0 Å². The Hall–Kier alpha value is -0.840. The van der Waals surface area contributed by atoms with Gasteiger partial charge >= 0.3 is 6.03 Å². The van der Waals surface area contributed by atoms with Gasteiger partial charge in [-0.15, -0.1) is 0 Å². The van der Waals surface area contributed by atoms with Crippen molar-refractivity contribution in [1.29, 1.82) is 0 Å². The van der Waals surface area contributed by atoms with Gasteiger partial charge in [-0.25, -0.2) is 4.79 Å². The largest absolute Gasteiger partial charge is 0.392 e. The topological polar surface area (TPSA) is 58.4 Å². The maximum atomic E-state index is 11.6. The highest BCUT2D eigenvalue weighted by Gasteiger charge is 2.27. The van der Waals surface area contributed by atoms with Gasteiger partial charge in [-0.2, -0.15) is 0 Å². The van der Waals surface area contributed by atoms with E-state index >= 15 is 0 Å². The molecule has 1 aliphatic carbocycles. The molecule has 2 amide bonds. The Kier molecular flexibility index (Phi) is 4.99. The van der Waals surface area contributed by atoms with E-state index in [1.807, 2.05) is 0 Å². The molecule has 0 saturated heterocycles. The van der Waals surface area contributed by atoms with Crippen molar-refractivity contribution in [3.63, 3.8) is 0 Å². The third-order valence-electron chi connectivity index (χ3n) is 3.11. The number of carbonyl (C=O) groups excluding carboxylic acids is 1. The van der Waals surface area contributed by atoms with Gasteiger partial charge in [0.25, 0.3) is 0 Å². The number of nitrogens with two attached hydrogens (primary N) is 1. The predicted molar refractivity (Wildman–Crippen MR) is 69.4 cm³/mol. The van der Waals surface area contributed by atoms with Crippen LogP contribution in [0.25, 0.3) is 0 Å². The summed E-state index contributed by atoms with van der Waals surface area (Å²) in [5.41, 5.74) is 5.71. The minimum atomic E-state index is -0.148. The Morgan fingerprint density at radius 1 is 1.38 bits per heavy atom. The first-order valence-electron chi connectivity index (χ1n) is 5.79. The lowest BCUT2D eigenvalue weighted by molar-refractivity contribution is 0.208. The standard InChI is InChI=1S/C11H21N3OS/c1-14(2)11(15)13-9(10(12)16)8-6-4-3-5-7-8/h8-9H,3-7H2,1-2H3,(H2,12,16)(H,13,15). The molecule has 16 heavy (non-hydrogen) atoms. The Morgan fingerprint density at radius 2 is 1.94 bits per heavy atom. The number of amides is 2. The second-order valence-electron chi connectivity index (χ2n) is 4.62. The van der Waals surface area contributed by atoms with Gasteiger partial charge in [0.2, 0.25) is 0 Å².